The number of carbonyl (C=O) groups is 8. The van der Waals surface area contributed by atoms with E-state index in [1.807, 2.05) is 0 Å². The topological polar surface area (TPSA) is 365 Å². The molecule has 0 aliphatic heterocycles. The van der Waals surface area contributed by atoms with Crippen molar-refractivity contribution in [1.82, 2.24) is 5.32 Å². The smallest absolute Gasteiger partial charge is 0.331 e. The van der Waals surface area contributed by atoms with Crippen molar-refractivity contribution in [2.75, 3.05) is 188 Å². The fourth-order valence-corrected chi connectivity index (χ4v) is 4.27. The highest BCUT2D eigenvalue weighted by Gasteiger charge is 2.35. The predicted octanol–water partition coefficient (Wildman–Crippen LogP) is -4.67. The summed E-state index contributed by atoms with van der Waals surface area (Å²) >= 11 is 0. The average molecular weight is 953 g/mol. The van der Waals surface area contributed by atoms with E-state index in [9.17, 15) is 38.4 Å². The van der Waals surface area contributed by atoms with Gasteiger partial charge in [0.05, 0.1) is 112 Å². The van der Waals surface area contributed by atoms with Crippen LogP contribution >= 0.6 is 0 Å². The average Bonchev–Trinajstić information content (AvgIpc) is 3.30. The molecule has 0 aromatic rings. The minimum atomic E-state index is -1.21. The summed E-state index contributed by atoms with van der Waals surface area (Å²) in [5, 5.41) is 29.0. The molecule has 0 bridgehead atoms. The van der Waals surface area contributed by atoms with Gasteiger partial charge in [-0.25, -0.2) is 24.0 Å². The first-order valence-electron chi connectivity index (χ1n) is 19.4. The van der Waals surface area contributed by atoms with E-state index in [1.165, 1.54) is 35.5 Å². The lowest BCUT2D eigenvalue weighted by molar-refractivity contribution is -0.159. The quantitative estimate of drug-likeness (QED) is 0.0219. The molecule has 0 fully saturated rings. The minimum absolute atomic E-state index is 0.152. The lowest BCUT2D eigenvalue weighted by atomic mass is 9.92. The Bertz CT molecular complexity index is 1210. The van der Waals surface area contributed by atoms with Crippen LogP contribution in [0, 0.1) is 10.8 Å². The third-order valence-electron chi connectivity index (χ3n) is 7.39. The van der Waals surface area contributed by atoms with Gasteiger partial charge < -0.3 is 92.7 Å². The maximum absolute atomic E-state index is 12.0. The zero-order valence-electron chi connectivity index (χ0n) is 38.0. The predicted molar refractivity (Wildman–Crippen MR) is 217 cm³/mol. The number of carboxylic acid groups (broad SMARTS) is 1. The van der Waals surface area contributed by atoms with Gasteiger partial charge in [0.25, 0.3) is 0 Å². The molecule has 0 aliphatic rings. The number of carboxylic acids is 1. The summed E-state index contributed by atoms with van der Waals surface area (Å²) in [6.45, 7) is -4.77. The van der Waals surface area contributed by atoms with Crippen LogP contribution in [0.2, 0.25) is 0 Å². The molecule has 0 aromatic carbocycles. The van der Waals surface area contributed by atoms with Crippen molar-refractivity contribution < 1.29 is 120 Å². The van der Waals surface area contributed by atoms with E-state index in [4.69, 9.17) is 62.7 Å². The van der Waals surface area contributed by atoms with Crippen LogP contribution in [0.15, 0.2) is 0 Å². The van der Waals surface area contributed by atoms with Gasteiger partial charge in [-0.3, -0.25) is 14.4 Å². The number of aliphatic carboxylic acids is 1. The van der Waals surface area contributed by atoms with Gasteiger partial charge in [0, 0.05) is 13.7 Å². The van der Waals surface area contributed by atoms with Crippen molar-refractivity contribution in [3.05, 3.63) is 0 Å². The molecule has 0 atom stereocenters. The Hall–Kier alpha value is -4.36. The first kappa shape index (κ1) is 64.9. The Balaban J connectivity index is -0.00000116. The summed E-state index contributed by atoms with van der Waals surface area (Å²) in [6.07, 6.45) is 0. The number of rotatable bonds is 40. The van der Waals surface area contributed by atoms with E-state index < -0.39 is 104 Å². The standard InChI is InChI=1S/C21H37NO13.C16H26O12.CH5N/c1-28-6-7-31-5-4-22-18(25)10-33-14-21(13-32-9-17(24)8-23,15-34-11-19(26)29-2)16-35-12-20(27)30-3;1-23-14(21)6-27-10-16(9-26-5-13(19)20,8-25-4-12(18)3-17)11-28-7-15(22)24-2;1-2/h23H,4-16H2,1-3H3,(H,22,25);17H,3-11H2,1-2H3,(H,19,20);2H2,1H3. The molecule has 0 unspecified atom stereocenters. The number of nitrogens with two attached hydrogens (primary N) is 1. The lowest BCUT2D eigenvalue weighted by Gasteiger charge is -2.32. The number of carbonyl (C=O) groups excluding carboxylic acids is 7. The molecule has 0 aliphatic carbocycles. The summed E-state index contributed by atoms with van der Waals surface area (Å²) in [4.78, 5) is 90.7. The molecule has 6 N–H and O–H groups in total. The van der Waals surface area contributed by atoms with Crippen molar-refractivity contribution >= 4 is 47.3 Å². The summed E-state index contributed by atoms with van der Waals surface area (Å²) in [5.41, 5.74) is 2.22. The van der Waals surface area contributed by atoms with Crippen molar-refractivity contribution in [3.8, 4) is 0 Å². The number of ether oxygens (including phenoxy) is 14. The second-order valence-corrected chi connectivity index (χ2v) is 13.0. The third kappa shape index (κ3) is 38.6. The van der Waals surface area contributed by atoms with Gasteiger partial charge in [0.2, 0.25) is 5.91 Å². The van der Waals surface area contributed by atoms with Gasteiger partial charge in [0.15, 0.2) is 11.6 Å². The molecular formula is C38H68N2O25. The molecule has 0 saturated carbocycles. The molecular weight excluding hydrogens is 884 g/mol. The van der Waals surface area contributed by atoms with Crippen molar-refractivity contribution in [1.29, 1.82) is 0 Å². The SMILES string of the molecule is CN.COC(=O)COCC(COCC(=O)O)(COCC(=O)CO)COCC(=O)OC.COCCOCCNC(=O)COCC(COCC(=O)CO)(COCC(=O)OC)COCC(=O)OC. The van der Waals surface area contributed by atoms with Gasteiger partial charge in [-0.1, -0.05) is 0 Å². The first-order valence-corrected chi connectivity index (χ1v) is 19.4. The molecule has 27 nitrogen and oxygen atoms in total. The Morgan fingerprint density at radius 1 is 0.431 bits per heavy atom. The maximum atomic E-state index is 12.0. The fraction of sp³-hybridized carbons (Fsp3) is 0.789. The van der Waals surface area contributed by atoms with Gasteiger partial charge in [0.1, 0.15) is 66.1 Å². The number of esters is 4. The van der Waals surface area contributed by atoms with Gasteiger partial charge in [-0.15, -0.1) is 0 Å². The number of methoxy groups -OCH3 is 5. The number of hydrogen-bond acceptors (Lipinski definition) is 25. The molecule has 1 amide bonds. The van der Waals surface area contributed by atoms with Crippen molar-refractivity contribution in [3.63, 3.8) is 0 Å². The third-order valence-corrected chi connectivity index (χ3v) is 7.39. The number of ketones is 2. The molecule has 0 radical (unpaired) electrons. The van der Waals surface area contributed by atoms with E-state index in [-0.39, 0.29) is 79.2 Å². The van der Waals surface area contributed by atoms with Crippen LogP contribution in [-0.4, -0.2) is 251 Å². The highest BCUT2D eigenvalue weighted by Crippen LogP contribution is 2.22. The molecule has 65 heavy (non-hydrogen) atoms. The summed E-state index contributed by atoms with van der Waals surface area (Å²) in [5.74, 6) is -5.30. The highest BCUT2D eigenvalue weighted by atomic mass is 16.6. The molecule has 0 heterocycles. The van der Waals surface area contributed by atoms with Crippen molar-refractivity contribution in [2.45, 2.75) is 0 Å². The Kier molecular flexibility index (Phi) is 43.5. The molecule has 0 rings (SSSR count). The summed E-state index contributed by atoms with van der Waals surface area (Å²) < 4.78 is 70.7. The zero-order valence-corrected chi connectivity index (χ0v) is 38.0. The number of nitrogens with one attached hydrogen (secondary N) is 1. The van der Waals surface area contributed by atoms with E-state index in [0.29, 0.717) is 19.8 Å². The van der Waals surface area contributed by atoms with Crippen molar-refractivity contribution in [2.24, 2.45) is 16.6 Å². The molecule has 27 heteroatoms. The molecule has 380 valence electrons. The Morgan fingerprint density at radius 2 is 0.738 bits per heavy atom. The van der Waals surface area contributed by atoms with Crippen LogP contribution in [-0.2, 0) is 105 Å². The Morgan fingerprint density at radius 3 is 1.03 bits per heavy atom. The number of aliphatic hydroxyl groups excluding tert-OH is 2. The van der Waals surface area contributed by atoms with E-state index in [0.717, 1.165) is 0 Å². The first-order chi connectivity index (χ1) is 31.1. The minimum Gasteiger partial charge on any atom is -0.480 e. The number of Topliss-reactive ketones (excluding diaryl/α,β-unsaturated/α-hetero) is 2. The largest absolute Gasteiger partial charge is 0.480 e. The fourth-order valence-electron chi connectivity index (χ4n) is 4.27. The molecule has 0 aromatic heterocycles. The number of aliphatic hydroxyl groups is 2. The summed E-state index contributed by atoms with van der Waals surface area (Å²) in [6, 6.07) is 0. The van der Waals surface area contributed by atoms with Crippen LogP contribution < -0.4 is 11.1 Å². The zero-order chi connectivity index (χ0) is 49.8. The lowest BCUT2D eigenvalue weighted by Crippen LogP contribution is -2.44. The van der Waals surface area contributed by atoms with Gasteiger partial charge >= 0.3 is 29.8 Å². The van der Waals surface area contributed by atoms with Crippen LogP contribution in [0.1, 0.15) is 0 Å². The second kappa shape index (κ2) is 43.5. The van der Waals surface area contributed by atoms with E-state index in [1.54, 1.807) is 7.11 Å². The van der Waals surface area contributed by atoms with Crippen LogP contribution in [0.4, 0.5) is 0 Å². The van der Waals surface area contributed by atoms with Gasteiger partial charge in [-0.05, 0) is 7.05 Å². The second-order valence-electron chi connectivity index (χ2n) is 13.0. The Labute approximate surface area is 376 Å². The molecule has 0 spiro atoms. The normalized spacial score (nSPS) is 10.9. The van der Waals surface area contributed by atoms with Crippen LogP contribution in [0.3, 0.4) is 0 Å². The maximum Gasteiger partial charge on any atom is 0.331 e. The number of amides is 1. The van der Waals surface area contributed by atoms with Crippen LogP contribution in [0.5, 0.6) is 0 Å². The van der Waals surface area contributed by atoms with E-state index >= 15 is 0 Å². The molecule has 0 saturated heterocycles. The highest BCUT2D eigenvalue weighted by molar-refractivity contribution is 5.81. The summed E-state index contributed by atoms with van der Waals surface area (Å²) in [7, 11) is 7.81. The monoisotopic (exact) mass is 952 g/mol. The van der Waals surface area contributed by atoms with Gasteiger partial charge in [-0.2, -0.15) is 0 Å². The van der Waals surface area contributed by atoms with E-state index in [2.05, 4.69) is 30.0 Å². The number of hydrogen-bond donors (Lipinski definition) is 5. The van der Waals surface area contributed by atoms with Crippen LogP contribution in [0.25, 0.3) is 0 Å².